The second-order valence-corrected chi connectivity index (χ2v) is 6.52. The molecule has 2 aromatic carbocycles. The molecule has 126 valence electrons. The van der Waals surface area contributed by atoms with E-state index in [9.17, 15) is 4.79 Å². The zero-order valence-electron chi connectivity index (χ0n) is 13.5. The summed E-state index contributed by atoms with van der Waals surface area (Å²) in [4.78, 5) is 14.5. The van der Waals surface area contributed by atoms with Gasteiger partial charge in [0, 0.05) is 23.7 Å². The molecule has 0 unspecified atom stereocenters. The average molecular weight is 345 g/mol. The average Bonchev–Trinajstić information content (AvgIpc) is 3.09. The van der Waals surface area contributed by atoms with Crippen molar-refractivity contribution in [3.05, 3.63) is 64.7 Å². The Balaban J connectivity index is 1.64. The van der Waals surface area contributed by atoms with Crippen LogP contribution in [0.4, 0.5) is 0 Å². The minimum absolute atomic E-state index is 0.0409. The molecule has 0 aromatic heterocycles. The molecule has 2 N–H and O–H groups in total. The fraction of sp³-hybridized carbons (Fsp3) is 0.316. The second-order valence-electron chi connectivity index (χ2n) is 6.09. The quantitative estimate of drug-likeness (QED) is 0.905. The van der Waals surface area contributed by atoms with Gasteiger partial charge in [-0.25, -0.2) is 0 Å². The number of hydrogen-bond acceptors (Lipinski definition) is 3. The SMILES string of the molecule is NC[C@H]1CCN(C(=O)c2cccc(OCc3cccc(Cl)c3)c2)C1. The number of carbonyl (C=O) groups is 1. The second kappa shape index (κ2) is 7.69. The minimum Gasteiger partial charge on any atom is -0.489 e. The van der Waals surface area contributed by atoms with Gasteiger partial charge in [-0.1, -0.05) is 29.8 Å². The topological polar surface area (TPSA) is 55.6 Å². The summed E-state index contributed by atoms with van der Waals surface area (Å²) in [6.07, 6.45) is 0.979. The summed E-state index contributed by atoms with van der Waals surface area (Å²) in [5.41, 5.74) is 7.34. The molecule has 24 heavy (non-hydrogen) atoms. The third-order valence-electron chi connectivity index (χ3n) is 4.28. The molecule has 0 radical (unpaired) electrons. The first-order valence-electron chi connectivity index (χ1n) is 8.12. The number of rotatable bonds is 5. The fourth-order valence-electron chi connectivity index (χ4n) is 2.90. The summed E-state index contributed by atoms with van der Waals surface area (Å²) in [6.45, 7) is 2.56. The molecular weight excluding hydrogens is 324 g/mol. The van der Waals surface area contributed by atoms with Gasteiger partial charge in [-0.05, 0) is 54.8 Å². The van der Waals surface area contributed by atoms with Crippen LogP contribution < -0.4 is 10.5 Å². The molecule has 1 amide bonds. The first-order chi connectivity index (χ1) is 11.7. The van der Waals surface area contributed by atoms with Gasteiger partial charge in [0.25, 0.3) is 5.91 Å². The highest BCUT2D eigenvalue weighted by Gasteiger charge is 2.26. The molecule has 1 aliphatic heterocycles. The maximum atomic E-state index is 12.6. The van der Waals surface area contributed by atoms with Crippen LogP contribution in [-0.4, -0.2) is 30.4 Å². The number of hydrogen-bond donors (Lipinski definition) is 1. The molecule has 5 heteroatoms. The Bertz CT molecular complexity index is 720. The lowest BCUT2D eigenvalue weighted by molar-refractivity contribution is 0.0787. The van der Waals surface area contributed by atoms with Crippen LogP contribution in [0.1, 0.15) is 22.3 Å². The molecule has 1 saturated heterocycles. The van der Waals surface area contributed by atoms with E-state index in [0.717, 1.165) is 25.1 Å². The first kappa shape index (κ1) is 16.8. The largest absolute Gasteiger partial charge is 0.489 e. The van der Waals surface area contributed by atoms with E-state index < -0.39 is 0 Å². The number of halogens is 1. The van der Waals surface area contributed by atoms with Gasteiger partial charge < -0.3 is 15.4 Å². The maximum Gasteiger partial charge on any atom is 0.253 e. The van der Waals surface area contributed by atoms with Crippen molar-refractivity contribution in [2.24, 2.45) is 11.7 Å². The van der Waals surface area contributed by atoms with Gasteiger partial charge >= 0.3 is 0 Å². The third-order valence-corrected chi connectivity index (χ3v) is 4.52. The Labute approximate surface area is 147 Å². The van der Waals surface area contributed by atoms with Crippen LogP contribution in [0.15, 0.2) is 48.5 Å². The van der Waals surface area contributed by atoms with E-state index in [4.69, 9.17) is 22.1 Å². The predicted octanol–water partition coefficient (Wildman–Crippen LogP) is 3.34. The van der Waals surface area contributed by atoms with Crippen molar-refractivity contribution in [1.82, 2.24) is 4.90 Å². The van der Waals surface area contributed by atoms with Crippen LogP contribution in [0.2, 0.25) is 5.02 Å². The Kier molecular flexibility index (Phi) is 5.38. The van der Waals surface area contributed by atoms with Crippen molar-refractivity contribution in [2.75, 3.05) is 19.6 Å². The Morgan fingerprint density at radius 3 is 2.83 bits per heavy atom. The minimum atomic E-state index is 0.0409. The van der Waals surface area contributed by atoms with E-state index in [-0.39, 0.29) is 5.91 Å². The Morgan fingerprint density at radius 1 is 1.25 bits per heavy atom. The van der Waals surface area contributed by atoms with Gasteiger partial charge in [0.1, 0.15) is 12.4 Å². The number of likely N-dealkylation sites (tertiary alicyclic amines) is 1. The summed E-state index contributed by atoms with van der Waals surface area (Å²) >= 11 is 5.98. The van der Waals surface area contributed by atoms with E-state index in [1.807, 2.05) is 47.4 Å². The predicted molar refractivity (Wildman–Crippen MR) is 95.3 cm³/mol. The number of benzene rings is 2. The van der Waals surface area contributed by atoms with Gasteiger partial charge in [-0.15, -0.1) is 0 Å². The van der Waals surface area contributed by atoms with Crippen molar-refractivity contribution in [3.63, 3.8) is 0 Å². The monoisotopic (exact) mass is 344 g/mol. The summed E-state index contributed by atoms with van der Waals surface area (Å²) in [6, 6.07) is 14.9. The molecule has 0 bridgehead atoms. The smallest absolute Gasteiger partial charge is 0.253 e. The van der Waals surface area contributed by atoms with E-state index in [2.05, 4.69) is 0 Å². The molecule has 0 saturated carbocycles. The van der Waals surface area contributed by atoms with Crippen molar-refractivity contribution in [2.45, 2.75) is 13.0 Å². The zero-order valence-corrected chi connectivity index (χ0v) is 14.2. The summed E-state index contributed by atoms with van der Waals surface area (Å²) in [7, 11) is 0. The molecule has 1 atom stereocenters. The van der Waals surface area contributed by atoms with Crippen LogP contribution in [0.5, 0.6) is 5.75 Å². The van der Waals surface area contributed by atoms with E-state index >= 15 is 0 Å². The highest BCUT2D eigenvalue weighted by Crippen LogP contribution is 2.21. The van der Waals surface area contributed by atoms with Crippen molar-refractivity contribution < 1.29 is 9.53 Å². The number of ether oxygens (including phenoxy) is 1. The summed E-state index contributed by atoms with van der Waals surface area (Å²) in [5, 5.41) is 0.684. The third kappa shape index (κ3) is 4.08. The Morgan fingerprint density at radius 2 is 2.08 bits per heavy atom. The standard InChI is InChI=1S/C19H21ClN2O2/c20-17-5-1-3-14(9-17)13-24-18-6-2-4-16(10-18)19(23)22-8-7-15(11-21)12-22/h1-6,9-10,15H,7-8,11-13,21H2/t15-/m1/s1. The number of amides is 1. The normalized spacial score (nSPS) is 17.1. The van der Waals surface area contributed by atoms with E-state index in [0.29, 0.717) is 35.4 Å². The highest BCUT2D eigenvalue weighted by atomic mass is 35.5. The molecule has 3 rings (SSSR count). The van der Waals surface area contributed by atoms with Crippen LogP contribution in [-0.2, 0) is 6.61 Å². The van der Waals surface area contributed by atoms with Gasteiger partial charge in [0.2, 0.25) is 0 Å². The van der Waals surface area contributed by atoms with E-state index in [1.165, 1.54) is 0 Å². The van der Waals surface area contributed by atoms with Gasteiger partial charge in [-0.2, -0.15) is 0 Å². The lowest BCUT2D eigenvalue weighted by Crippen LogP contribution is -2.29. The summed E-state index contributed by atoms with van der Waals surface area (Å²) in [5.74, 6) is 1.13. The molecule has 1 fully saturated rings. The van der Waals surface area contributed by atoms with Crippen LogP contribution in [0.25, 0.3) is 0 Å². The van der Waals surface area contributed by atoms with Gasteiger partial charge in [-0.3, -0.25) is 4.79 Å². The molecule has 4 nitrogen and oxygen atoms in total. The molecule has 1 heterocycles. The van der Waals surface area contributed by atoms with Crippen LogP contribution in [0.3, 0.4) is 0 Å². The van der Waals surface area contributed by atoms with Crippen LogP contribution in [0, 0.1) is 5.92 Å². The number of nitrogens with zero attached hydrogens (tertiary/aromatic N) is 1. The van der Waals surface area contributed by atoms with Gasteiger partial charge in [0.05, 0.1) is 0 Å². The highest BCUT2D eigenvalue weighted by molar-refractivity contribution is 6.30. The fourth-order valence-corrected chi connectivity index (χ4v) is 3.12. The van der Waals surface area contributed by atoms with Crippen molar-refractivity contribution in [1.29, 1.82) is 0 Å². The van der Waals surface area contributed by atoms with Gasteiger partial charge in [0.15, 0.2) is 0 Å². The lowest BCUT2D eigenvalue weighted by atomic mass is 10.1. The molecule has 1 aliphatic rings. The summed E-state index contributed by atoms with van der Waals surface area (Å²) < 4.78 is 5.79. The number of carbonyl (C=O) groups excluding carboxylic acids is 1. The number of nitrogens with two attached hydrogens (primary N) is 1. The molecular formula is C19H21ClN2O2. The van der Waals surface area contributed by atoms with Crippen molar-refractivity contribution >= 4 is 17.5 Å². The zero-order chi connectivity index (χ0) is 16.9. The van der Waals surface area contributed by atoms with Crippen LogP contribution >= 0.6 is 11.6 Å². The van der Waals surface area contributed by atoms with E-state index in [1.54, 1.807) is 6.07 Å². The van der Waals surface area contributed by atoms with Crippen molar-refractivity contribution in [3.8, 4) is 5.75 Å². The maximum absolute atomic E-state index is 12.6. The lowest BCUT2D eigenvalue weighted by Gasteiger charge is -2.17. The first-order valence-corrected chi connectivity index (χ1v) is 8.50. The molecule has 0 spiro atoms. The molecule has 0 aliphatic carbocycles. The Hall–Kier alpha value is -2.04. The molecule has 2 aromatic rings.